The lowest BCUT2D eigenvalue weighted by Crippen LogP contribution is -2.32. The smallest absolute Gasteiger partial charge is 0.389 e. The number of aromatic nitrogens is 3. The maximum absolute atomic E-state index is 13.9. The van der Waals surface area contributed by atoms with E-state index in [0.717, 1.165) is 17.4 Å². The van der Waals surface area contributed by atoms with Gasteiger partial charge in [-0.15, -0.1) is 0 Å². The van der Waals surface area contributed by atoms with Crippen molar-refractivity contribution in [2.45, 2.75) is 37.3 Å². The molecule has 3 aromatic rings. The summed E-state index contributed by atoms with van der Waals surface area (Å²) in [5.41, 5.74) is 11.3. The van der Waals surface area contributed by atoms with Crippen LogP contribution in [0.3, 0.4) is 0 Å². The van der Waals surface area contributed by atoms with Gasteiger partial charge in [0.2, 0.25) is 0 Å². The number of halogens is 4. The van der Waals surface area contributed by atoms with Crippen molar-refractivity contribution in [3.8, 4) is 10.6 Å². The Kier molecular flexibility index (Phi) is 6.60. The number of hydrogen-bond acceptors (Lipinski definition) is 7. The van der Waals surface area contributed by atoms with Gasteiger partial charge < -0.3 is 21.5 Å². The molecule has 0 saturated carbocycles. The second kappa shape index (κ2) is 9.31. The van der Waals surface area contributed by atoms with Crippen LogP contribution in [0.5, 0.6) is 0 Å². The van der Waals surface area contributed by atoms with Crippen LogP contribution in [0.15, 0.2) is 30.5 Å². The van der Waals surface area contributed by atoms with Crippen LogP contribution in [-0.2, 0) is 18.0 Å². The van der Waals surface area contributed by atoms with Crippen molar-refractivity contribution in [1.82, 2.24) is 14.8 Å². The van der Waals surface area contributed by atoms with Gasteiger partial charge in [-0.2, -0.15) is 18.3 Å². The maximum Gasteiger partial charge on any atom is 0.417 e. The third kappa shape index (κ3) is 4.76. The lowest BCUT2D eigenvalue weighted by molar-refractivity contribution is -0.137. The van der Waals surface area contributed by atoms with Gasteiger partial charge in [0.25, 0.3) is 5.91 Å². The molecule has 1 aliphatic heterocycles. The SMILES string of the molecule is Cn1ncc(NC(=O)c2nc(-c3ccccc3C(F)(F)F)sc2N)c1C1CCC(N)C(F)CO1. The Morgan fingerprint density at radius 2 is 2.03 bits per heavy atom. The number of nitrogens with two attached hydrogens (primary N) is 2. The maximum atomic E-state index is 13.9. The normalized spacial score (nSPS) is 21.3. The van der Waals surface area contributed by atoms with E-state index in [4.69, 9.17) is 16.2 Å². The van der Waals surface area contributed by atoms with Crippen LogP contribution in [0.2, 0.25) is 0 Å². The quantitative estimate of drug-likeness (QED) is 0.469. The molecule has 1 saturated heterocycles. The lowest BCUT2D eigenvalue weighted by Gasteiger charge is -2.17. The highest BCUT2D eigenvalue weighted by molar-refractivity contribution is 7.19. The van der Waals surface area contributed by atoms with E-state index in [1.54, 1.807) is 7.05 Å². The molecule has 3 atom stereocenters. The fourth-order valence-corrected chi connectivity index (χ4v) is 4.66. The van der Waals surface area contributed by atoms with Crippen molar-refractivity contribution < 1.29 is 27.1 Å². The molecule has 4 rings (SSSR count). The molecule has 5 N–H and O–H groups in total. The molecule has 182 valence electrons. The fraction of sp³-hybridized carbons (Fsp3) is 0.381. The summed E-state index contributed by atoms with van der Waals surface area (Å²) in [6, 6.07) is 4.28. The highest BCUT2D eigenvalue weighted by atomic mass is 32.1. The van der Waals surface area contributed by atoms with E-state index in [1.165, 1.54) is 29.1 Å². The van der Waals surface area contributed by atoms with Crippen LogP contribution in [0.1, 0.15) is 40.7 Å². The molecule has 0 spiro atoms. The molecule has 2 aromatic heterocycles. The number of nitrogens with zero attached hydrogens (tertiary/aromatic N) is 3. The molecule has 3 unspecified atom stereocenters. The molecule has 13 heteroatoms. The number of benzene rings is 1. The molecule has 1 aromatic carbocycles. The Bertz CT molecular complexity index is 1180. The van der Waals surface area contributed by atoms with Crippen LogP contribution in [0.25, 0.3) is 10.6 Å². The summed E-state index contributed by atoms with van der Waals surface area (Å²) < 4.78 is 61.3. The van der Waals surface area contributed by atoms with Gasteiger partial charge in [-0.3, -0.25) is 9.48 Å². The third-order valence-corrected chi connectivity index (χ3v) is 6.47. The summed E-state index contributed by atoms with van der Waals surface area (Å²) in [5, 5.41) is 6.73. The zero-order valence-electron chi connectivity index (χ0n) is 18.0. The number of carbonyl (C=O) groups is 1. The van der Waals surface area contributed by atoms with Gasteiger partial charge in [-0.1, -0.05) is 29.5 Å². The molecule has 0 bridgehead atoms. The minimum atomic E-state index is -4.59. The molecule has 0 aliphatic carbocycles. The van der Waals surface area contributed by atoms with Crippen LogP contribution in [0.4, 0.5) is 28.3 Å². The lowest BCUT2D eigenvalue weighted by atomic mass is 10.0. The van der Waals surface area contributed by atoms with E-state index in [2.05, 4.69) is 15.4 Å². The van der Waals surface area contributed by atoms with Gasteiger partial charge in [0.1, 0.15) is 22.3 Å². The number of hydrogen-bond donors (Lipinski definition) is 3. The molecule has 1 amide bonds. The monoisotopic (exact) mass is 498 g/mol. The van der Waals surface area contributed by atoms with Gasteiger partial charge >= 0.3 is 6.18 Å². The first-order valence-corrected chi connectivity index (χ1v) is 11.1. The standard InChI is InChI=1S/C21H22F4N6O2S/c1-31-17(15-7-6-13(26)12(22)9-33-15)14(8-28-31)29-19(32)16-18(27)34-20(30-16)10-4-2-3-5-11(10)21(23,24)25/h2-5,8,12-13,15H,6-7,9,26-27H2,1H3,(H,29,32). The zero-order valence-corrected chi connectivity index (χ0v) is 18.8. The number of alkyl halides is 4. The Morgan fingerprint density at radius 1 is 1.29 bits per heavy atom. The number of carbonyl (C=O) groups excluding carboxylic acids is 1. The van der Waals surface area contributed by atoms with Crippen LogP contribution < -0.4 is 16.8 Å². The van der Waals surface area contributed by atoms with E-state index in [9.17, 15) is 22.4 Å². The summed E-state index contributed by atoms with van der Waals surface area (Å²) in [6.07, 6.45) is -4.26. The van der Waals surface area contributed by atoms with Gasteiger partial charge in [0, 0.05) is 18.7 Å². The second-order valence-corrected chi connectivity index (χ2v) is 8.91. The average molecular weight is 499 g/mol. The number of rotatable bonds is 4. The molecular formula is C21H22F4N6O2S. The predicted octanol–water partition coefficient (Wildman–Crippen LogP) is 3.91. The van der Waals surface area contributed by atoms with Crippen molar-refractivity contribution in [1.29, 1.82) is 0 Å². The summed E-state index contributed by atoms with van der Waals surface area (Å²) in [7, 11) is 1.65. The number of anilines is 2. The first-order valence-electron chi connectivity index (χ1n) is 10.3. The van der Waals surface area contributed by atoms with Gasteiger partial charge in [0.15, 0.2) is 5.69 Å². The van der Waals surface area contributed by atoms with Crippen molar-refractivity contribution >= 4 is 27.9 Å². The Balaban J connectivity index is 1.60. The van der Waals surface area contributed by atoms with E-state index in [0.29, 0.717) is 24.2 Å². The largest absolute Gasteiger partial charge is 0.417 e. The highest BCUT2D eigenvalue weighted by Crippen LogP contribution is 2.40. The van der Waals surface area contributed by atoms with E-state index in [-0.39, 0.29) is 27.9 Å². The first-order chi connectivity index (χ1) is 16.1. The van der Waals surface area contributed by atoms with Gasteiger partial charge in [0.05, 0.1) is 29.7 Å². The summed E-state index contributed by atoms with van der Waals surface area (Å²) >= 11 is 0.782. The van der Waals surface area contributed by atoms with Crippen molar-refractivity contribution in [3.05, 3.63) is 47.4 Å². The highest BCUT2D eigenvalue weighted by Gasteiger charge is 2.35. The summed E-state index contributed by atoms with van der Waals surface area (Å²) in [4.78, 5) is 17.0. The number of ether oxygens (including phenoxy) is 1. The number of amides is 1. The average Bonchev–Trinajstić information content (AvgIpc) is 3.30. The van der Waals surface area contributed by atoms with E-state index < -0.39 is 36.0 Å². The molecule has 1 fully saturated rings. The number of nitrogen functional groups attached to an aromatic ring is 1. The summed E-state index contributed by atoms with van der Waals surface area (Å²) in [6.45, 7) is -0.189. The van der Waals surface area contributed by atoms with Gasteiger partial charge in [-0.05, 0) is 18.9 Å². The minimum Gasteiger partial charge on any atom is -0.389 e. The Hall–Kier alpha value is -3.03. The van der Waals surface area contributed by atoms with Crippen molar-refractivity contribution in [2.75, 3.05) is 17.7 Å². The Morgan fingerprint density at radius 3 is 2.76 bits per heavy atom. The number of nitrogens with one attached hydrogen (secondary N) is 1. The van der Waals surface area contributed by atoms with Crippen molar-refractivity contribution in [2.24, 2.45) is 12.8 Å². The van der Waals surface area contributed by atoms with Crippen LogP contribution in [0, 0.1) is 0 Å². The Labute approximate surface area is 195 Å². The van der Waals surface area contributed by atoms with Crippen LogP contribution >= 0.6 is 11.3 Å². The zero-order chi connectivity index (χ0) is 24.6. The van der Waals surface area contributed by atoms with Gasteiger partial charge in [-0.25, -0.2) is 9.37 Å². The third-order valence-electron chi connectivity index (χ3n) is 5.55. The second-order valence-electron chi connectivity index (χ2n) is 7.88. The molecular weight excluding hydrogens is 476 g/mol. The molecule has 1 aliphatic rings. The molecule has 0 radical (unpaired) electrons. The number of thiazole rings is 1. The fourth-order valence-electron chi connectivity index (χ4n) is 3.79. The molecule has 3 heterocycles. The molecule has 34 heavy (non-hydrogen) atoms. The predicted molar refractivity (Wildman–Crippen MR) is 119 cm³/mol. The number of aryl methyl sites for hydroxylation is 1. The van der Waals surface area contributed by atoms with Crippen molar-refractivity contribution in [3.63, 3.8) is 0 Å². The minimum absolute atomic E-state index is 0.0305. The topological polar surface area (TPSA) is 121 Å². The van der Waals surface area contributed by atoms with E-state index in [1.807, 2.05) is 0 Å². The van der Waals surface area contributed by atoms with E-state index >= 15 is 0 Å². The first kappa shape index (κ1) is 24.1. The molecule has 8 nitrogen and oxygen atoms in total. The summed E-state index contributed by atoms with van der Waals surface area (Å²) in [5.74, 6) is -0.715. The van der Waals surface area contributed by atoms with Crippen LogP contribution in [-0.4, -0.2) is 39.5 Å².